The molecule has 1 aromatic carbocycles. The van der Waals surface area contributed by atoms with E-state index in [1.54, 1.807) is 11.3 Å². The first-order valence-electron chi connectivity index (χ1n) is 9.70. The molecule has 1 fully saturated rings. The third-order valence-corrected chi connectivity index (χ3v) is 6.39. The van der Waals surface area contributed by atoms with Crippen molar-refractivity contribution < 1.29 is 4.79 Å². The van der Waals surface area contributed by atoms with E-state index in [2.05, 4.69) is 45.5 Å². The lowest BCUT2D eigenvalue weighted by molar-refractivity contribution is -0.118. The Labute approximate surface area is 160 Å². The van der Waals surface area contributed by atoms with Gasteiger partial charge in [-0.3, -0.25) is 4.79 Å². The highest BCUT2D eigenvalue weighted by Gasteiger charge is 2.26. The Hall–Kier alpha value is -1.85. The standard InChI is InChI=1S/C21H27N3OS/c25-21(10-9-18-6-5-17-26-18)24-16-15-23(14-13-22-11-3-4-12-22)19-7-1-2-8-20(19)24/h1-2,5-8,17H,3-4,9-16H2. The molecule has 2 aliphatic heterocycles. The highest BCUT2D eigenvalue weighted by Crippen LogP contribution is 2.33. The number of benzene rings is 1. The molecule has 1 amide bonds. The van der Waals surface area contributed by atoms with Crippen molar-refractivity contribution in [3.05, 3.63) is 46.7 Å². The van der Waals surface area contributed by atoms with Crippen molar-refractivity contribution in [1.29, 1.82) is 0 Å². The smallest absolute Gasteiger partial charge is 0.227 e. The maximum absolute atomic E-state index is 12.8. The summed E-state index contributed by atoms with van der Waals surface area (Å²) in [6.07, 6.45) is 4.10. The van der Waals surface area contributed by atoms with Gasteiger partial charge >= 0.3 is 0 Å². The lowest BCUT2D eigenvalue weighted by atomic mass is 10.1. The number of hydrogen-bond donors (Lipinski definition) is 0. The van der Waals surface area contributed by atoms with Crippen LogP contribution in [0.5, 0.6) is 0 Å². The summed E-state index contributed by atoms with van der Waals surface area (Å²) < 4.78 is 0. The van der Waals surface area contributed by atoms with Crippen molar-refractivity contribution in [2.75, 3.05) is 49.1 Å². The number of hydrogen-bond acceptors (Lipinski definition) is 4. The van der Waals surface area contributed by atoms with Crippen molar-refractivity contribution in [2.45, 2.75) is 25.7 Å². The van der Waals surface area contributed by atoms with E-state index in [4.69, 9.17) is 0 Å². The van der Waals surface area contributed by atoms with Crippen LogP contribution in [0.4, 0.5) is 11.4 Å². The molecule has 5 heteroatoms. The average molecular weight is 370 g/mol. The zero-order valence-corrected chi connectivity index (χ0v) is 16.1. The minimum absolute atomic E-state index is 0.241. The van der Waals surface area contributed by atoms with Crippen molar-refractivity contribution in [3.63, 3.8) is 0 Å². The van der Waals surface area contributed by atoms with E-state index in [-0.39, 0.29) is 5.91 Å². The Morgan fingerprint density at radius 2 is 1.73 bits per heavy atom. The summed E-state index contributed by atoms with van der Waals surface area (Å²) in [4.78, 5) is 21.1. The van der Waals surface area contributed by atoms with E-state index in [9.17, 15) is 4.79 Å². The van der Waals surface area contributed by atoms with Gasteiger partial charge in [0.2, 0.25) is 5.91 Å². The Balaban J connectivity index is 1.42. The molecule has 26 heavy (non-hydrogen) atoms. The van der Waals surface area contributed by atoms with Gasteiger partial charge in [0.15, 0.2) is 0 Å². The molecule has 3 heterocycles. The number of thiophene rings is 1. The monoisotopic (exact) mass is 369 g/mol. The van der Waals surface area contributed by atoms with E-state index in [0.29, 0.717) is 6.42 Å². The summed E-state index contributed by atoms with van der Waals surface area (Å²) in [6, 6.07) is 12.6. The molecule has 0 bridgehead atoms. The van der Waals surface area contributed by atoms with Crippen LogP contribution < -0.4 is 9.80 Å². The van der Waals surface area contributed by atoms with Crippen LogP contribution in [-0.4, -0.2) is 50.1 Å². The zero-order valence-electron chi connectivity index (χ0n) is 15.3. The number of fused-ring (bicyclic) bond motifs is 1. The van der Waals surface area contributed by atoms with Gasteiger partial charge in [0, 0.05) is 37.5 Å². The van der Waals surface area contributed by atoms with Gasteiger partial charge in [-0.15, -0.1) is 11.3 Å². The molecule has 0 spiro atoms. The number of nitrogens with zero attached hydrogens (tertiary/aromatic N) is 3. The van der Waals surface area contributed by atoms with Crippen LogP contribution in [-0.2, 0) is 11.2 Å². The van der Waals surface area contributed by atoms with Crippen molar-refractivity contribution in [1.82, 2.24) is 4.90 Å². The van der Waals surface area contributed by atoms with Crippen LogP contribution in [0.2, 0.25) is 0 Å². The van der Waals surface area contributed by atoms with Crippen molar-refractivity contribution in [3.8, 4) is 0 Å². The predicted octanol–water partition coefficient (Wildman–Crippen LogP) is 3.63. The molecule has 1 saturated heterocycles. The number of rotatable bonds is 6. The van der Waals surface area contributed by atoms with Gasteiger partial charge in [-0.2, -0.15) is 0 Å². The molecule has 4 rings (SSSR count). The number of anilines is 2. The van der Waals surface area contributed by atoms with Crippen LogP contribution in [0.1, 0.15) is 24.1 Å². The fourth-order valence-corrected chi connectivity index (χ4v) is 4.71. The number of para-hydroxylation sites is 2. The fraction of sp³-hybridized carbons (Fsp3) is 0.476. The molecular formula is C21H27N3OS. The molecule has 0 saturated carbocycles. The first-order chi connectivity index (χ1) is 12.8. The van der Waals surface area contributed by atoms with Crippen molar-refractivity contribution in [2.24, 2.45) is 0 Å². The minimum Gasteiger partial charge on any atom is -0.367 e. The van der Waals surface area contributed by atoms with Crippen LogP contribution >= 0.6 is 11.3 Å². The molecular weight excluding hydrogens is 342 g/mol. The Morgan fingerprint density at radius 1 is 0.923 bits per heavy atom. The zero-order chi connectivity index (χ0) is 17.8. The Kier molecular flexibility index (Phi) is 5.56. The summed E-state index contributed by atoms with van der Waals surface area (Å²) in [7, 11) is 0. The van der Waals surface area contributed by atoms with Crippen LogP contribution in [0, 0.1) is 0 Å². The van der Waals surface area contributed by atoms with Gasteiger partial charge < -0.3 is 14.7 Å². The van der Waals surface area contributed by atoms with E-state index in [0.717, 1.165) is 38.3 Å². The number of carbonyl (C=O) groups excluding carboxylic acids is 1. The molecule has 1 aromatic heterocycles. The number of likely N-dealkylation sites (tertiary alicyclic amines) is 1. The maximum Gasteiger partial charge on any atom is 0.227 e. The minimum atomic E-state index is 0.241. The summed E-state index contributed by atoms with van der Waals surface area (Å²) in [5, 5.41) is 2.08. The second-order valence-electron chi connectivity index (χ2n) is 7.15. The summed E-state index contributed by atoms with van der Waals surface area (Å²) in [6.45, 7) is 6.37. The van der Waals surface area contributed by atoms with Gasteiger partial charge in [0.25, 0.3) is 0 Å². The molecule has 2 aliphatic rings. The van der Waals surface area contributed by atoms with E-state index < -0.39 is 0 Å². The van der Waals surface area contributed by atoms with Gasteiger partial charge in [0.05, 0.1) is 11.4 Å². The quantitative estimate of drug-likeness (QED) is 0.778. The van der Waals surface area contributed by atoms with Crippen LogP contribution in [0.15, 0.2) is 41.8 Å². The lowest BCUT2D eigenvalue weighted by Crippen LogP contribution is -2.46. The molecule has 0 atom stereocenters. The SMILES string of the molecule is O=C(CCc1cccs1)N1CCN(CCN2CCCC2)c2ccccc21. The molecule has 0 radical (unpaired) electrons. The molecule has 4 nitrogen and oxygen atoms in total. The third kappa shape index (κ3) is 3.94. The highest BCUT2D eigenvalue weighted by molar-refractivity contribution is 7.09. The maximum atomic E-state index is 12.8. The van der Waals surface area contributed by atoms with Crippen molar-refractivity contribution >= 4 is 28.6 Å². The third-order valence-electron chi connectivity index (χ3n) is 5.46. The second kappa shape index (κ2) is 8.23. The lowest BCUT2D eigenvalue weighted by Gasteiger charge is -2.38. The van der Waals surface area contributed by atoms with E-state index in [1.807, 2.05) is 11.0 Å². The number of amides is 1. The first kappa shape index (κ1) is 17.6. The van der Waals surface area contributed by atoms with Crippen LogP contribution in [0.25, 0.3) is 0 Å². The van der Waals surface area contributed by atoms with Crippen LogP contribution in [0.3, 0.4) is 0 Å². The molecule has 0 unspecified atom stereocenters. The molecule has 0 N–H and O–H groups in total. The largest absolute Gasteiger partial charge is 0.367 e. The fourth-order valence-electron chi connectivity index (χ4n) is 4.00. The second-order valence-corrected chi connectivity index (χ2v) is 8.18. The van der Waals surface area contributed by atoms with E-state index >= 15 is 0 Å². The first-order valence-corrected chi connectivity index (χ1v) is 10.6. The topological polar surface area (TPSA) is 26.8 Å². The summed E-state index contributed by atoms with van der Waals surface area (Å²) in [5.41, 5.74) is 2.29. The number of aryl methyl sites for hydroxylation is 1. The predicted molar refractivity (Wildman–Crippen MR) is 109 cm³/mol. The highest BCUT2D eigenvalue weighted by atomic mass is 32.1. The van der Waals surface area contributed by atoms with Gasteiger partial charge in [0.1, 0.15) is 0 Å². The molecule has 0 aliphatic carbocycles. The summed E-state index contributed by atoms with van der Waals surface area (Å²) >= 11 is 1.73. The van der Waals surface area contributed by atoms with Gasteiger partial charge in [-0.25, -0.2) is 0 Å². The van der Waals surface area contributed by atoms with Gasteiger partial charge in [-0.1, -0.05) is 18.2 Å². The Morgan fingerprint density at radius 3 is 2.50 bits per heavy atom. The number of carbonyl (C=O) groups is 1. The van der Waals surface area contributed by atoms with E-state index in [1.165, 1.54) is 36.5 Å². The normalized spacial score (nSPS) is 17.5. The van der Waals surface area contributed by atoms with Gasteiger partial charge in [-0.05, 0) is 55.9 Å². The average Bonchev–Trinajstić information content (AvgIpc) is 3.38. The summed E-state index contributed by atoms with van der Waals surface area (Å²) in [5.74, 6) is 0.241. The molecule has 138 valence electrons. The molecule has 2 aromatic rings. The Bertz CT molecular complexity index is 725.